The van der Waals surface area contributed by atoms with Gasteiger partial charge in [-0.1, -0.05) is 12.2 Å². The lowest BCUT2D eigenvalue weighted by atomic mass is 10.5. The first-order valence-electron chi connectivity index (χ1n) is 7.39. The summed E-state index contributed by atoms with van der Waals surface area (Å²) in [6, 6.07) is 0. The summed E-state index contributed by atoms with van der Waals surface area (Å²) in [4.78, 5) is 1.05. The van der Waals surface area contributed by atoms with Crippen LogP contribution in [-0.4, -0.2) is 38.5 Å². The molecule has 0 unspecified atom stereocenters. The minimum atomic E-state index is -0.340. The van der Waals surface area contributed by atoms with Crippen molar-refractivity contribution in [2.75, 3.05) is 32.2 Å². The molecule has 1 aromatic rings. The zero-order valence-electron chi connectivity index (χ0n) is 13.5. The molecule has 0 aromatic carbocycles. The van der Waals surface area contributed by atoms with Crippen LogP contribution in [0, 0.1) is 3.14 Å². The van der Waals surface area contributed by atoms with Crippen LogP contribution >= 0.6 is 46.7 Å². The SMILES string of the molecule is CCOC(CSc1sc(=S)sc1C(OCC)OCC)OCC. The Morgan fingerprint density at radius 1 is 0.909 bits per heavy atom. The Labute approximate surface area is 150 Å². The van der Waals surface area contributed by atoms with Crippen LogP contribution in [0.3, 0.4) is 0 Å². The lowest BCUT2D eigenvalue weighted by Crippen LogP contribution is -2.20. The van der Waals surface area contributed by atoms with Gasteiger partial charge in [-0.05, 0) is 27.7 Å². The molecule has 0 saturated carbocycles. The molecule has 4 nitrogen and oxygen atoms in total. The third-order valence-electron chi connectivity index (χ3n) is 2.48. The van der Waals surface area contributed by atoms with E-state index in [9.17, 15) is 0 Å². The van der Waals surface area contributed by atoms with Gasteiger partial charge in [-0.3, -0.25) is 0 Å². The normalized spacial score (nSPS) is 11.7. The number of hydrogen-bond acceptors (Lipinski definition) is 8. The summed E-state index contributed by atoms with van der Waals surface area (Å²) in [5.41, 5.74) is 0. The van der Waals surface area contributed by atoms with Gasteiger partial charge in [-0.2, -0.15) is 0 Å². The Morgan fingerprint density at radius 2 is 1.45 bits per heavy atom. The summed E-state index contributed by atoms with van der Waals surface area (Å²) in [5.74, 6) is 0.724. The fraction of sp³-hybridized carbons (Fsp3) is 0.786. The summed E-state index contributed by atoms with van der Waals surface area (Å²) in [5, 5.41) is 0. The van der Waals surface area contributed by atoms with Crippen molar-refractivity contribution in [2.45, 2.75) is 44.5 Å². The van der Waals surface area contributed by atoms with Gasteiger partial charge in [0.1, 0.15) is 3.14 Å². The second-order valence-electron chi connectivity index (χ2n) is 4.00. The van der Waals surface area contributed by atoms with E-state index in [1.54, 1.807) is 34.4 Å². The van der Waals surface area contributed by atoms with Gasteiger partial charge < -0.3 is 18.9 Å². The third-order valence-corrected chi connectivity index (χ3v) is 6.61. The maximum absolute atomic E-state index is 5.70. The average molecular weight is 385 g/mol. The van der Waals surface area contributed by atoms with Crippen molar-refractivity contribution >= 4 is 46.7 Å². The van der Waals surface area contributed by atoms with Crippen LogP contribution in [-0.2, 0) is 18.9 Å². The molecule has 128 valence electrons. The molecule has 1 heterocycles. The Morgan fingerprint density at radius 3 is 1.95 bits per heavy atom. The maximum Gasteiger partial charge on any atom is 0.195 e. The molecule has 0 bridgehead atoms. The Hall–Kier alpha value is 0.460. The van der Waals surface area contributed by atoms with Crippen molar-refractivity contribution in [3.63, 3.8) is 0 Å². The molecule has 0 aliphatic carbocycles. The zero-order chi connectivity index (χ0) is 16.4. The van der Waals surface area contributed by atoms with Gasteiger partial charge in [-0.15, -0.1) is 34.4 Å². The first kappa shape index (κ1) is 20.5. The molecule has 22 heavy (non-hydrogen) atoms. The van der Waals surface area contributed by atoms with Crippen LogP contribution in [0.25, 0.3) is 0 Å². The Balaban J connectivity index is 2.79. The Kier molecular flexibility index (Phi) is 11.1. The minimum absolute atomic E-state index is 0.203. The van der Waals surface area contributed by atoms with E-state index in [4.69, 9.17) is 31.2 Å². The predicted octanol–water partition coefficient (Wildman–Crippen LogP) is 5.10. The van der Waals surface area contributed by atoms with Crippen LogP contribution < -0.4 is 0 Å². The molecule has 0 N–H and O–H groups in total. The molecule has 0 atom stereocenters. The molecule has 8 heteroatoms. The molecule has 0 saturated heterocycles. The first-order chi connectivity index (χ1) is 10.7. The van der Waals surface area contributed by atoms with Crippen molar-refractivity contribution in [1.82, 2.24) is 0 Å². The van der Waals surface area contributed by atoms with Crippen molar-refractivity contribution in [2.24, 2.45) is 0 Å². The highest BCUT2D eigenvalue weighted by molar-refractivity contribution is 8.01. The number of hydrogen-bond donors (Lipinski definition) is 0. The van der Waals surface area contributed by atoms with Crippen molar-refractivity contribution in [3.05, 3.63) is 8.01 Å². The van der Waals surface area contributed by atoms with Crippen molar-refractivity contribution < 1.29 is 18.9 Å². The second kappa shape index (κ2) is 11.9. The monoisotopic (exact) mass is 384 g/mol. The molecule has 0 amide bonds. The van der Waals surface area contributed by atoms with Gasteiger partial charge in [-0.25, -0.2) is 0 Å². The summed E-state index contributed by atoms with van der Waals surface area (Å²) in [6.45, 7) is 10.3. The first-order valence-corrected chi connectivity index (χ1v) is 10.4. The molecule has 0 aliphatic rings. The van der Waals surface area contributed by atoms with E-state index in [-0.39, 0.29) is 12.6 Å². The minimum Gasteiger partial charge on any atom is -0.352 e. The molecule has 0 fully saturated rings. The van der Waals surface area contributed by atoms with E-state index in [1.165, 1.54) is 0 Å². The highest BCUT2D eigenvalue weighted by atomic mass is 32.2. The fourth-order valence-electron chi connectivity index (χ4n) is 1.69. The molecule has 0 spiro atoms. The lowest BCUT2D eigenvalue weighted by Gasteiger charge is -2.18. The van der Waals surface area contributed by atoms with Crippen LogP contribution in [0.5, 0.6) is 0 Å². The molecule has 1 aromatic heterocycles. The highest BCUT2D eigenvalue weighted by Gasteiger charge is 2.21. The lowest BCUT2D eigenvalue weighted by molar-refractivity contribution is -0.139. The number of thioether (sulfide) groups is 1. The number of ether oxygens (including phenoxy) is 4. The third kappa shape index (κ3) is 6.92. The highest BCUT2D eigenvalue weighted by Crippen LogP contribution is 2.40. The summed E-state index contributed by atoms with van der Waals surface area (Å²) in [7, 11) is 0. The van der Waals surface area contributed by atoms with E-state index in [0.717, 1.165) is 18.0 Å². The fourth-order valence-corrected chi connectivity index (χ4v) is 6.01. The zero-order valence-corrected chi connectivity index (χ0v) is 16.7. The topological polar surface area (TPSA) is 36.9 Å². The van der Waals surface area contributed by atoms with Gasteiger partial charge >= 0.3 is 0 Å². The maximum atomic E-state index is 5.70. The average Bonchev–Trinajstić information content (AvgIpc) is 2.86. The van der Waals surface area contributed by atoms with E-state index in [1.807, 2.05) is 27.7 Å². The summed E-state index contributed by atoms with van der Waals surface area (Å²) in [6.07, 6.45) is -0.542. The van der Waals surface area contributed by atoms with E-state index >= 15 is 0 Å². The van der Waals surface area contributed by atoms with E-state index < -0.39 is 0 Å². The van der Waals surface area contributed by atoms with Crippen LogP contribution in [0.1, 0.15) is 38.9 Å². The van der Waals surface area contributed by atoms with Gasteiger partial charge in [0.25, 0.3) is 0 Å². The van der Waals surface area contributed by atoms with Gasteiger partial charge in [0.2, 0.25) is 0 Å². The smallest absolute Gasteiger partial charge is 0.195 e. The van der Waals surface area contributed by atoms with Crippen LogP contribution in [0.15, 0.2) is 4.21 Å². The largest absolute Gasteiger partial charge is 0.352 e. The van der Waals surface area contributed by atoms with Crippen LogP contribution in [0.2, 0.25) is 0 Å². The molecule has 0 aliphatic heterocycles. The standard InChI is InChI=1S/C14H24O4S4/c1-5-15-10(16-6-2)9-20-13-11(21-14(19)22-13)12(17-7-3)18-8-4/h10,12H,5-9H2,1-4H3. The predicted molar refractivity (Wildman–Crippen MR) is 96.8 cm³/mol. The molecule has 0 radical (unpaired) electrons. The van der Waals surface area contributed by atoms with E-state index in [2.05, 4.69) is 0 Å². The van der Waals surface area contributed by atoms with Crippen molar-refractivity contribution in [3.8, 4) is 0 Å². The molecular formula is C14H24O4S4. The second-order valence-corrected chi connectivity index (χ2v) is 8.54. The summed E-state index contributed by atoms with van der Waals surface area (Å²) < 4.78 is 24.6. The van der Waals surface area contributed by atoms with Gasteiger partial charge in [0.05, 0.1) is 14.8 Å². The molecular weight excluding hydrogens is 360 g/mol. The molecule has 1 rings (SSSR count). The Bertz CT molecular complexity index is 448. The van der Waals surface area contributed by atoms with Gasteiger partial charge in [0.15, 0.2) is 12.6 Å². The number of rotatable bonds is 12. The van der Waals surface area contributed by atoms with Crippen LogP contribution in [0.4, 0.5) is 0 Å². The quantitative estimate of drug-likeness (QED) is 0.283. The van der Waals surface area contributed by atoms with Crippen molar-refractivity contribution in [1.29, 1.82) is 0 Å². The van der Waals surface area contributed by atoms with E-state index in [0.29, 0.717) is 26.4 Å². The van der Waals surface area contributed by atoms with Gasteiger partial charge in [0, 0.05) is 26.4 Å². The summed E-state index contributed by atoms with van der Waals surface area (Å²) >= 11 is 10.2.